The van der Waals surface area contributed by atoms with Crippen LogP contribution < -0.4 is 0 Å². The van der Waals surface area contributed by atoms with Gasteiger partial charge in [-0.2, -0.15) is 0 Å². The lowest BCUT2D eigenvalue weighted by atomic mass is 9.78. The number of hydrogen-bond donors (Lipinski definition) is 3. The molecule has 3 N–H and O–H groups in total. The van der Waals surface area contributed by atoms with Crippen LogP contribution in [0.15, 0.2) is 48.5 Å². The van der Waals surface area contributed by atoms with Crippen LogP contribution in [0.2, 0.25) is 0 Å². The second kappa shape index (κ2) is 9.91. The van der Waals surface area contributed by atoms with E-state index in [0.717, 1.165) is 19.3 Å². The highest BCUT2D eigenvalue weighted by Crippen LogP contribution is 2.31. The topological polar surface area (TPSA) is 60.7 Å². The van der Waals surface area contributed by atoms with E-state index in [0.29, 0.717) is 5.56 Å². The van der Waals surface area contributed by atoms with Crippen molar-refractivity contribution in [3.05, 3.63) is 76.4 Å². The molecule has 0 aliphatic carbocycles. The first-order valence-corrected chi connectivity index (χ1v) is 10.9. The molecule has 0 saturated carbocycles. The Kier molecular flexibility index (Phi) is 8.04. The van der Waals surface area contributed by atoms with Gasteiger partial charge in [-0.25, -0.2) is 0 Å². The van der Waals surface area contributed by atoms with Crippen LogP contribution in [0.3, 0.4) is 0 Å². The lowest BCUT2D eigenvalue weighted by Crippen LogP contribution is -2.23. The number of rotatable bonds is 8. The zero-order chi connectivity index (χ0) is 22.5. The van der Waals surface area contributed by atoms with Crippen molar-refractivity contribution >= 4 is 6.08 Å². The van der Waals surface area contributed by atoms with Crippen LogP contribution in [-0.2, 0) is 18.3 Å². The highest BCUT2D eigenvalue weighted by molar-refractivity contribution is 5.56. The van der Waals surface area contributed by atoms with E-state index in [9.17, 15) is 15.3 Å². The molecule has 0 aromatic heterocycles. The fourth-order valence-electron chi connectivity index (χ4n) is 3.44. The molecule has 164 valence electrons. The minimum Gasteiger partial charge on any atom is -0.388 e. The Morgan fingerprint density at radius 1 is 0.900 bits per heavy atom. The third kappa shape index (κ3) is 6.53. The average Bonchev–Trinajstić information content (AvgIpc) is 2.69. The molecule has 2 aromatic rings. The Bertz CT molecular complexity index is 839. The molecule has 0 heterocycles. The number of aliphatic hydroxyl groups is 3. The quantitative estimate of drug-likeness (QED) is 0.499. The molecule has 0 aliphatic rings. The number of benzene rings is 2. The molecule has 3 heteroatoms. The highest BCUT2D eigenvalue weighted by atomic mass is 16.5. The molecule has 1 atom stereocenters. The standard InChI is InChI=1S/C27H38O3/c1-7-20-18-23(14-12-21(20)13-15-24(28)26(2,3)4)27(5,6)17-16-19-8-10-22(11-9-19)25(29)30/h8-15,18,24-25,28-30H,7,16-17H2,1-6H3. The van der Waals surface area contributed by atoms with Gasteiger partial charge in [0.15, 0.2) is 6.29 Å². The van der Waals surface area contributed by atoms with Crippen molar-refractivity contribution in [2.24, 2.45) is 5.41 Å². The van der Waals surface area contributed by atoms with Gasteiger partial charge < -0.3 is 15.3 Å². The molecule has 3 nitrogen and oxygen atoms in total. The first kappa shape index (κ1) is 24.3. The Morgan fingerprint density at radius 3 is 2.07 bits per heavy atom. The van der Waals surface area contributed by atoms with Crippen molar-refractivity contribution in [3.63, 3.8) is 0 Å². The van der Waals surface area contributed by atoms with E-state index in [1.54, 1.807) is 12.1 Å². The largest absolute Gasteiger partial charge is 0.388 e. The molecule has 0 saturated heterocycles. The van der Waals surface area contributed by atoms with Crippen LogP contribution in [0.5, 0.6) is 0 Å². The first-order chi connectivity index (χ1) is 13.9. The minimum atomic E-state index is -1.42. The minimum absolute atomic E-state index is 0.0201. The summed E-state index contributed by atoms with van der Waals surface area (Å²) in [6.45, 7) is 12.8. The van der Waals surface area contributed by atoms with Crippen LogP contribution in [0.1, 0.15) is 82.1 Å². The number of aliphatic hydroxyl groups excluding tert-OH is 2. The summed E-state index contributed by atoms with van der Waals surface area (Å²) < 4.78 is 0. The van der Waals surface area contributed by atoms with Crippen LogP contribution >= 0.6 is 0 Å². The Hall–Kier alpha value is -1.94. The van der Waals surface area contributed by atoms with Gasteiger partial charge in [0.25, 0.3) is 0 Å². The van der Waals surface area contributed by atoms with Crippen molar-refractivity contribution in [1.29, 1.82) is 0 Å². The third-order valence-corrected chi connectivity index (χ3v) is 5.97. The summed E-state index contributed by atoms with van der Waals surface area (Å²) in [6.07, 6.45) is 4.91. The van der Waals surface area contributed by atoms with Gasteiger partial charge in [-0.15, -0.1) is 0 Å². The maximum Gasteiger partial charge on any atom is 0.178 e. The van der Waals surface area contributed by atoms with Gasteiger partial charge in [0.05, 0.1) is 6.10 Å². The summed E-state index contributed by atoms with van der Waals surface area (Å²) in [5, 5.41) is 28.8. The summed E-state index contributed by atoms with van der Waals surface area (Å²) in [7, 11) is 0. The Morgan fingerprint density at radius 2 is 1.53 bits per heavy atom. The Balaban J connectivity index is 2.14. The summed E-state index contributed by atoms with van der Waals surface area (Å²) in [6, 6.07) is 14.2. The summed E-state index contributed by atoms with van der Waals surface area (Å²) >= 11 is 0. The molecule has 1 unspecified atom stereocenters. The van der Waals surface area contributed by atoms with Gasteiger partial charge in [0.2, 0.25) is 0 Å². The molecular weight excluding hydrogens is 372 g/mol. The lowest BCUT2D eigenvalue weighted by Gasteiger charge is -2.27. The van der Waals surface area contributed by atoms with Gasteiger partial charge in [0.1, 0.15) is 0 Å². The van der Waals surface area contributed by atoms with Crippen LogP contribution in [-0.4, -0.2) is 21.4 Å². The first-order valence-electron chi connectivity index (χ1n) is 10.9. The maximum atomic E-state index is 10.3. The van der Waals surface area contributed by atoms with Crippen LogP contribution in [0.4, 0.5) is 0 Å². The maximum absolute atomic E-state index is 10.3. The molecule has 2 aromatic carbocycles. The average molecular weight is 411 g/mol. The second-order valence-electron chi connectivity index (χ2n) is 9.94. The zero-order valence-corrected chi connectivity index (χ0v) is 19.3. The second-order valence-corrected chi connectivity index (χ2v) is 9.94. The van der Waals surface area contributed by atoms with Gasteiger partial charge >= 0.3 is 0 Å². The highest BCUT2D eigenvalue weighted by Gasteiger charge is 2.22. The molecule has 0 aliphatic heterocycles. The van der Waals surface area contributed by atoms with Gasteiger partial charge in [0, 0.05) is 5.56 Å². The SMILES string of the molecule is CCc1cc(C(C)(C)CCc2ccc(C(O)O)cc2)ccc1C=CC(O)C(C)(C)C. The van der Waals surface area contributed by atoms with Crippen molar-refractivity contribution in [1.82, 2.24) is 0 Å². The summed E-state index contributed by atoms with van der Waals surface area (Å²) in [5.74, 6) is 0. The van der Waals surface area contributed by atoms with Crippen LogP contribution in [0.25, 0.3) is 6.08 Å². The summed E-state index contributed by atoms with van der Waals surface area (Å²) in [4.78, 5) is 0. The smallest absolute Gasteiger partial charge is 0.178 e. The van der Waals surface area contributed by atoms with E-state index in [1.165, 1.54) is 22.3 Å². The predicted octanol–water partition coefficient (Wildman–Crippen LogP) is 5.56. The normalized spacial score (nSPS) is 13.9. The molecule has 0 amide bonds. The zero-order valence-electron chi connectivity index (χ0n) is 19.3. The number of hydrogen-bond acceptors (Lipinski definition) is 3. The molecule has 0 bridgehead atoms. The fraction of sp³-hybridized carbons (Fsp3) is 0.481. The molecule has 0 spiro atoms. The van der Waals surface area contributed by atoms with Crippen molar-refractivity contribution in [2.75, 3.05) is 0 Å². The molecule has 2 rings (SSSR count). The Labute approximate surface area is 182 Å². The number of aryl methyl sites for hydroxylation is 2. The fourth-order valence-corrected chi connectivity index (χ4v) is 3.44. The van der Waals surface area contributed by atoms with Crippen molar-refractivity contribution in [2.45, 2.75) is 78.6 Å². The van der Waals surface area contributed by atoms with E-state index in [1.807, 2.05) is 45.1 Å². The molecule has 0 radical (unpaired) electrons. The van der Waals surface area contributed by atoms with Gasteiger partial charge in [-0.3, -0.25) is 0 Å². The molecule has 30 heavy (non-hydrogen) atoms. The van der Waals surface area contributed by atoms with Gasteiger partial charge in [-0.05, 0) is 52.3 Å². The van der Waals surface area contributed by atoms with E-state index in [-0.39, 0.29) is 10.8 Å². The monoisotopic (exact) mass is 410 g/mol. The molecular formula is C27H38O3. The van der Waals surface area contributed by atoms with E-state index in [4.69, 9.17) is 0 Å². The van der Waals surface area contributed by atoms with E-state index < -0.39 is 12.4 Å². The lowest BCUT2D eigenvalue weighted by molar-refractivity contribution is -0.0424. The van der Waals surface area contributed by atoms with E-state index >= 15 is 0 Å². The predicted molar refractivity (Wildman–Crippen MR) is 125 cm³/mol. The van der Waals surface area contributed by atoms with Crippen molar-refractivity contribution < 1.29 is 15.3 Å². The van der Waals surface area contributed by atoms with E-state index in [2.05, 4.69) is 39.0 Å². The van der Waals surface area contributed by atoms with Crippen molar-refractivity contribution in [3.8, 4) is 0 Å². The summed E-state index contributed by atoms with van der Waals surface area (Å²) in [5.41, 5.74) is 5.34. The van der Waals surface area contributed by atoms with Gasteiger partial charge in [-0.1, -0.05) is 96.2 Å². The third-order valence-electron chi connectivity index (χ3n) is 5.97. The molecule has 0 fully saturated rings. The van der Waals surface area contributed by atoms with Crippen LogP contribution in [0, 0.1) is 5.41 Å².